The average Bonchev–Trinajstić information content (AvgIpc) is 2.79. The maximum Gasteiger partial charge on any atom is 0.270 e. The van der Waals surface area contributed by atoms with Gasteiger partial charge in [0, 0.05) is 22.8 Å². The van der Waals surface area contributed by atoms with Gasteiger partial charge in [0.25, 0.3) is 6.08 Å². The van der Waals surface area contributed by atoms with Gasteiger partial charge in [-0.25, -0.2) is 4.39 Å². The first-order chi connectivity index (χ1) is 15.5. The van der Waals surface area contributed by atoms with E-state index in [0.29, 0.717) is 16.7 Å². The molecular formula is C29H23F3. The molecule has 3 aromatic rings. The molecule has 0 fully saturated rings. The van der Waals surface area contributed by atoms with Gasteiger partial charge >= 0.3 is 0 Å². The van der Waals surface area contributed by atoms with Crippen LogP contribution in [0.2, 0.25) is 0 Å². The maximum absolute atomic E-state index is 14.4. The summed E-state index contributed by atoms with van der Waals surface area (Å²) in [6, 6.07) is 19.2. The second-order valence-electron chi connectivity index (χ2n) is 7.40. The van der Waals surface area contributed by atoms with Crippen molar-refractivity contribution < 1.29 is 13.2 Å². The van der Waals surface area contributed by atoms with E-state index in [4.69, 9.17) is 0 Å². The van der Waals surface area contributed by atoms with Gasteiger partial charge in [-0.15, -0.1) is 0 Å². The Kier molecular flexibility index (Phi) is 8.36. The summed E-state index contributed by atoms with van der Waals surface area (Å²) in [4.78, 5) is 0. The number of halogens is 3. The van der Waals surface area contributed by atoms with Crippen LogP contribution in [0.3, 0.4) is 0 Å². The van der Waals surface area contributed by atoms with E-state index in [1.54, 1.807) is 24.3 Å². The molecule has 0 unspecified atom stereocenters. The van der Waals surface area contributed by atoms with Gasteiger partial charge in [0.05, 0.1) is 5.56 Å². The van der Waals surface area contributed by atoms with Gasteiger partial charge in [0.1, 0.15) is 5.82 Å². The molecule has 0 N–H and O–H groups in total. The average molecular weight is 428 g/mol. The minimum Gasteiger partial charge on any atom is -0.206 e. The highest BCUT2D eigenvalue weighted by molar-refractivity contribution is 5.53. The van der Waals surface area contributed by atoms with Crippen LogP contribution in [0.25, 0.3) is 6.08 Å². The summed E-state index contributed by atoms with van der Waals surface area (Å²) in [6.07, 6.45) is 3.73. The maximum atomic E-state index is 14.4. The summed E-state index contributed by atoms with van der Waals surface area (Å²) in [5, 5.41) is 0. The Hall–Kier alpha value is -3.69. The second kappa shape index (κ2) is 11.6. The highest BCUT2D eigenvalue weighted by Gasteiger charge is 2.00. The lowest BCUT2D eigenvalue weighted by atomic mass is 10.1. The largest absolute Gasteiger partial charge is 0.270 e. The van der Waals surface area contributed by atoms with Crippen molar-refractivity contribution in [2.75, 3.05) is 0 Å². The molecule has 0 atom stereocenters. The third-order valence-electron chi connectivity index (χ3n) is 4.87. The fourth-order valence-electron chi connectivity index (χ4n) is 3.10. The van der Waals surface area contributed by atoms with Crippen molar-refractivity contribution in [3.05, 3.63) is 112 Å². The minimum atomic E-state index is -1.76. The van der Waals surface area contributed by atoms with Gasteiger partial charge in [0.15, 0.2) is 0 Å². The molecular weight excluding hydrogens is 405 g/mol. The molecule has 0 aliphatic rings. The first-order valence-electron chi connectivity index (χ1n) is 10.6. The van der Waals surface area contributed by atoms with Crippen LogP contribution in [0.15, 0.2) is 72.8 Å². The van der Waals surface area contributed by atoms with Crippen LogP contribution < -0.4 is 0 Å². The highest BCUT2D eigenvalue weighted by Crippen LogP contribution is 2.12. The third-order valence-corrected chi connectivity index (χ3v) is 4.87. The lowest BCUT2D eigenvalue weighted by Crippen LogP contribution is -1.87. The van der Waals surface area contributed by atoms with Crippen LogP contribution in [0.4, 0.5) is 13.2 Å². The van der Waals surface area contributed by atoms with E-state index in [0.717, 1.165) is 18.1 Å². The topological polar surface area (TPSA) is 0 Å². The van der Waals surface area contributed by atoms with Crippen molar-refractivity contribution in [2.24, 2.45) is 0 Å². The highest BCUT2D eigenvalue weighted by atomic mass is 19.3. The summed E-state index contributed by atoms with van der Waals surface area (Å²) in [6.45, 7) is 2.19. The van der Waals surface area contributed by atoms with Crippen LogP contribution in [-0.2, 0) is 6.42 Å². The van der Waals surface area contributed by atoms with Gasteiger partial charge in [-0.3, -0.25) is 0 Å². The lowest BCUT2D eigenvalue weighted by molar-refractivity contribution is 0.429. The van der Waals surface area contributed by atoms with Crippen molar-refractivity contribution in [1.29, 1.82) is 0 Å². The van der Waals surface area contributed by atoms with Crippen LogP contribution in [-0.4, -0.2) is 0 Å². The van der Waals surface area contributed by atoms with Gasteiger partial charge in [-0.2, -0.15) is 8.78 Å². The molecule has 0 radical (unpaired) electrons. The van der Waals surface area contributed by atoms with E-state index < -0.39 is 11.9 Å². The SMILES string of the molecule is CCCCCc1ccc(C#Cc2ccc(C#Cc3ccc(C=C(F)F)cc3)c(F)c2)cc1. The number of rotatable bonds is 5. The van der Waals surface area contributed by atoms with E-state index in [9.17, 15) is 13.2 Å². The molecule has 0 bridgehead atoms. The third kappa shape index (κ3) is 7.22. The molecule has 0 spiro atoms. The molecule has 0 aliphatic heterocycles. The molecule has 32 heavy (non-hydrogen) atoms. The van der Waals surface area contributed by atoms with Crippen molar-refractivity contribution >= 4 is 6.08 Å². The molecule has 3 heteroatoms. The Morgan fingerprint density at radius 3 is 1.97 bits per heavy atom. The molecule has 0 heterocycles. The molecule has 160 valence electrons. The molecule has 0 saturated heterocycles. The number of benzene rings is 3. The summed E-state index contributed by atoms with van der Waals surface area (Å²) in [5.41, 5.74) is 4.02. The number of aryl methyl sites for hydroxylation is 1. The Labute approximate surface area is 187 Å². The van der Waals surface area contributed by atoms with E-state index in [1.165, 1.54) is 43.0 Å². The van der Waals surface area contributed by atoms with E-state index >= 15 is 0 Å². The molecule has 0 saturated carbocycles. The predicted octanol–water partition coefficient (Wildman–Crippen LogP) is 7.60. The van der Waals surface area contributed by atoms with Crippen LogP contribution in [0, 0.1) is 29.5 Å². The summed E-state index contributed by atoms with van der Waals surface area (Å²) >= 11 is 0. The van der Waals surface area contributed by atoms with Gasteiger partial charge in [-0.05, 0) is 66.4 Å². The smallest absolute Gasteiger partial charge is 0.206 e. The number of unbranched alkanes of at least 4 members (excludes halogenated alkanes) is 2. The normalized spacial score (nSPS) is 9.88. The van der Waals surface area contributed by atoms with E-state index in [1.807, 2.05) is 12.1 Å². The van der Waals surface area contributed by atoms with Gasteiger partial charge in [0.2, 0.25) is 0 Å². The van der Waals surface area contributed by atoms with E-state index in [-0.39, 0.29) is 5.56 Å². The number of hydrogen-bond donors (Lipinski definition) is 0. The molecule has 0 nitrogen and oxygen atoms in total. The van der Waals surface area contributed by atoms with Gasteiger partial charge < -0.3 is 0 Å². The standard InChI is InChI=1S/C29H23F3/c1-2-3-4-5-22-6-8-23(9-7-22)10-13-25-17-19-27(28(30)20-25)18-16-24-11-14-26(15-12-24)21-29(31)32/h6-9,11-12,14-15,17,19-21H,2-5H2,1H3. The molecule has 3 aromatic carbocycles. The minimum absolute atomic E-state index is 0.255. The monoisotopic (exact) mass is 428 g/mol. The summed E-state index contributed by atoms with van der Waals surface area (Å²) in [7, 11) is 0. The number of hydrogen-bond acceptors (Lipinski definition) is 0. The Morgan fingerprint density at radius 2 is 1.34 bits per heavy atom. The van der Waals surface area contributed by atoms with Crippen LogP contribution in [0.1, 0.15) is 59.6 Å². The van der Waals surface area contributed by atoms with Gasteiger partial charge in [-0.1, -0.05) is 67.7 Å². The van der Waals surface area contributed by atoms with Crippen molar-refractivity contribution in [3.8, 4) is 23.7 Å². The fraction of sp³-hybridized carbons (Fsp3) is 0.172. The van der Waals surface area contributed by atoms with E-state index in [2.05, 4.69) is 42.7 Å². The molecule has 0 aliphatic carbocycles. The molecule has 0 amide bonds. The fourth-order valence-corrected chi connectivity index (χ4v) is 3.10. The van der Waals surface area contributed by atoms with Crippen LogP contribution >= 0.6 is 0 Å². The first kappa shape index (κ1) is 23.0. The zero-order valence-corrected chi connectivity index (χ0v) is 17.9. The van der Waals surface area contributed by atoms with Crippen LogP contribution in [0.5, 0.6) is 0 Å². The zero-order chi connectivity index (χ0) is 22.8. The Morgan fingerprint density at radius 1 is 0.750 bits per heavy atom. The lowest BCUT2D eigenvalue weighted by Gasteiger charge is -2.00. The Bertz CT molecular complexity index is 1190. The van der Waals surface area contributed by atoms with Crippen molar-refractivity contribution in [2.45, 2.75) is 32.6 Å². The quantitative estimate of drug-likeness (QED) is 0.290. The molecule has 0 aromatic heterocycles. The first-order valence-corrected chi connectivity index (χ1v) is 10.6. The second-order valence-corrected chi connectivity index (χ2v) is 7.40. The van der Waals surface area contributed by atoms with Crippen molar-refractivity contribution in [3.63, 3.8) is 0 Å². The summed E-state index contributed by atoms with van der Waals surface area (Å²) < 4.78 is 39.0. The predicted molar refractivity (Wildman–Crippen MR) is 125 cm³/mol. The molecule has 3 rings (SSSR count). The zero-order valence-electron chi connectivity index (χ0n) is 17.9. The van der Waals surface area contributed by atoms with Crippen molar-refractivity contribution in [1.82, 2.24) is 0 Å². The Balaban J connectivity index is 1.66. The summed E-state index contributed by atoms with van der Waals surface area (Å²) in [5.74, 6) is 11.2.